The van der Waals surface area contributed by atoms with Crippen molar-refractivity contribution in [2.75, 3.05) is 18.0 Å². The summed E-state index contributed by atoms with van der Waals surface area (Å²) in [5, 5.41) is 17.9. The van der Waals surface area contributed by atoms with Crippen LogP contribution < -0.4 is 4.90 Å². The lowest BCUT2D eigenvalue weighted by Gasteiger charge is -2.25. The van der Waals surface area contributed by atoms with Gasteiger partial charge in [0.25, 0.3) is 0 Å². The molecule has 0 saturated heterocycles. The van der Waals surface area contributed by atoms with Gasteiger partial charge in [-0.3, -0.25) is 0 Å². The zero-order valence-electron chi connectivity index (χ0n) is 18.6. The van der Waals surface area contributed by atoms with Crippen LogP contribution in [0.5, 0.6) is 0 Å². The van der Waals surface area contributed by atoms with Crippen LogP contribution in [0, 0.1) is 22.7 Å². The standard InChI is InChI=1S/C26H39N3/c1-3-5-7-9-11-13-19-29(20-14-12-10-8-6-4-2)26-17-15-24(16-18-26)21-25(22-27)23-28/h15-18,21H,3-14,19-20H2,1-2H3. The number of nitrogens with zero attached hydrogens (tertiary/aromatic N) is 3. The molecule has 0 aliphatic carbocycles. The van der Waals surface area contributed by atoms with Crippen molar-refractivity contribution in [3.05, 3.63) is 35.4 Å². The van der Waals surface area contributed by atoms with E-state index in [2.05, 4.69) is 30.9 Å². The number of anilines is 1. The normalized spacial score (nSPS) is 10.2. The zero-order valence-corrected chi connectivity index (χ0v) is 18.6. The van der Waals surface area contributed by atoms with Gasteiger partial charge in [-0.25, -0.2) is 0 Å². The van der Waals surface area contributed by atoms with Gasteiger partial charge in [-0.2, -0.15) is 10.5 Å². The third-order valence-corrected chi connectivity index (χ3v) is 5.37. The van der Waals surface area contributed by atoms with E-state index in [0.29, 0.717) is 0 Å². The Balaban J connectivity index is 2.62. The van der Waals surface area contributed by atoms with Crippen molar-refractivity contribution in [3.8, 4) is 12.1 Å². The third-order valence-electron chi connectivity index (χ3n) is 5.37. The first-order chi connectivity index (χ1) is 14.2. The lowest BCUT2D eigenvalue weighted by molar-refractivity contribution is 0.575. The minimum Gasteiger partial charge on any atom is -0.372 e. The van der Waals surface area contributed by atoms with Crippen molar-refractivity contribution in [1.82, 2.24) is 0 Å². The number of hydrogen-bond acceptors (Lipinski definition) is 3. The Bertz CT molecular complexity index is 614. The van der Waals surface area contributed by atoms with Crippen molar-refractivity contribution in [2.45, 2.75) is 90.9 Å². The number of nitriles is 2. The van der Waals surface area contributed by atoms with Gasteiger partial charge >= 0.3 is 0 Å². The highest BCUT2D eigenvalue weighted by atomic mass is 15.1. The Labute approximate surface area is 179 Å². The summed E-state index contributed by atoms with van der Waals surface area (Å²) in [7, 11) is 0. The molecule has 0 radical (unpaired) electrons. The summed E-state index contributed by atoms with van der Waals surface area (Å²) in [6.45, 7) is 6.74. The summed E-state index contributed by atoms with van der Waals surface area (Å²) in [6, 6.07) is 12.1. The fraction of sp³-hybridized carbons (Fsp3) is 0.615. The molecule has 1 aromatic rings. The van der Waals surface area contributed by atoms with Crippen LogP contribution in [0.25, 0.3) is 6.08 Å². The Kier molecular flexibility index (Phi) is 14.2. The maximum atomic E-state index is 8.93. The highest BCUT2D eigenvalue weighted by Crippen LogP contribution is 2.19. The average molecular weight is 394 g/mol. The van der Waals surface area contributed by atoms with E-state index in [0.717, 1.165) is 18.7 Å². The second-order valence-electron chi connectivity index (χ2n) is 7.90. The molecule has 158 valence electrons. The monoisotopic (exact) mass is 393 g/mol. The number of allylic oxidation sites excluding steroid dienone is 1. The minimum atomic E-state index is 0.147. The number of hydrogen-bond donors (Lipinski definition) is 0. The SMILES string of the molecule is CCCCCCCCN(CCCCCCCC)c1ccc(C=C(C#N)C#N)cc1. The van der Waals surface area contributed by atoms with Gasteiger partial charge in [-0.05, 0) is 36.6 Å². The summed E-state index contributed by atoms with van der Waals surface area (Å²) in [4.78, 5) is 2.52. The van der Waals surface area contributed by atoms with E-state index in [1.54, 1.807) is 6.08 Å². The predicted molar refractivity (Wildman–Crippen MR) is 125 cm³/mol. The van der Waals surface area contributed by atoms with Crippen LogP contribution in [0.1, 0.15) is 96.5 Å². The summed E-state index contributed by atoms with van der Waals surface area (Å²) >= 11 is 0. The van der Waals surface area contributed by atoms with Crippen molar-refractivity contribution in [2.24, 2.45) is 0 Å². The smallest absolute Gasteiger partial charge is 0.130 e. The molecule has 0 unspecified atom stereocenters. The first-order valence-corrected chi connectivity index (χ1v) is 11.6. The van der Waals surface area contributed by atoms with Crippen molar-refractivity contribution >= 4 is 11.8 Å². The van der Waals surface area contributed by atoms with Crippen LogP contribution in [0.4, 0.5) is 5.69 Å². The van der Waals surface area contributed by atoms with E-state index in [1.807, 2.05) is 24.3 Å². The second-order valence-corrected chi connectivity index (χ2v) is 7.90. The van der Waals surface area contributed by atoms with Crippen LogP contribution in [-0.2, 0) is 0 Å². The molecule has 0 spiro atoms. The lowest BCUT2D eigenvalue weighted by Crippen LogP contribution is -2.25. The van der Waals surface area contributed by atoms with Crippen molar-refractivity contribution in [3.63, 3.8) is 0 Å². The Hall–Kier alpha value is -2.26. The molecule has 0 fully saturated rings. The van der Waals surface area contributed by atoms with Gasteiger partial charge in [0.05, 0.1) is 0 Å². The van der Waals surface area contributed by atoms with Gasteiger partial charge in [0, 0.05) is 18.8 Å². The van der Waals surface area contributed by atoms with Gasteiger partial charge in [-0.1, -0.05) is 90.2 Å². The molecule has 0 heterocycles. The first-order valence-electron chi connectivity index (χ1n) is 11.6. The van der Waals surface area contributed by atoms with E-state index in [4.69, 9.17) is 10.5 Å². The maximum absolute atomic E-state index is 8.93. The van der Waals surface area contributed by atoms with E-state index in [1.165, 1.54) is 82.7 Å². The zero-order chi connectivity index (χ0) is 21.2. The quantitative estimate of drug-likeness (QED) is 0.214. The predicted octanol–water partition coefficient (Wildman–Crippen LogP) is 7.64. The fourth-order valence-corrected chi connectivity index (χ4v) is 3.57. The topological polar surface area (TPSA) is 50.8 Å². The molecule has 3 heteroatoms. The van der Waals surface area contributed by atoms with Crippen molar-refractivity contribution in [1.29, 1.82) is 10.5 Å². The average Bonchev–Trinajstić information content (AvgIpc) is 2.75. The molecular weight excluding hydrogens is 354 g/mol. The highest BCUT2D eigenvalue weighted by Gasteiger charge is 2.07. The van der Waals surface area contributed by atoms with Gasteiger partial charge < -0.3 is 4.90 Å². The first kappa shape index (κ1) is 24.8. The minimum absolute atomic E-state index is 0.147. The van der Waals surface area contributed by atoms with Crippen LogP contribution in [0.3, 0.4) is 0 Å². The fourth-order valence-electron chi connectivity index (χ4n) is 3.57. The molecule has 0 N–H and O–H groups in total. The second kappa shape index (κ2) is 16.7. The molecule has 0 atom stereocenters. The molecule has 29 heavy (non-hydrogen) atoms. The summed E-state index contributed by atoms with van der Waals surface area (Å²) < 4.78 is 0. The molecule has 1 rings (SSSR count). The Morgan fingerprint density at radius 2 is 1.17 bits per heavy atom. The van der Waals surface area contributed by atoms with E-state index in [9.17, 15) is 0 Å². The molecular formula is C26H39N3. The van der Waals surface area contributed by atoms with Crippen molar-refractivity contribution < 1.29 is 0 Å². The van der Waals surface area contributed by atoms with Crippen LogP contribution in [0.15, 0.2) is 29.8 Å². The summed E-state index contributed by atoms with van der Waals surface area (Å²) in [6.07, 6.45) is 17.4. The van der Waals surface area contributed by atoms with Gasteiger partial charge in [0.15, 0.2) is 0 Å². The van der Waals surface area contributed by atoms with Gasteiger partial charge in [0.1, 0.15) is 17.7 Å². The van der Waals surface area contributed by atoms with Crippen LogP contribution >= 0.6 is 0 Å². The summed E-state index contributed by atoms with van der Waals surface area (Å²) in [5.41, 5.74) is 2.31. The van der Waals surface area contributed by atoms with E-state index in [-0.39, 0.29) is 5.57 Å². The molecule has 0 aliphatic rings. The van der Waals surface area contributed by atoms with Crippen LogP contribution in [0.2, 0.25) is 0 Å². The summed E-state index contributed by atoms with van der Waals surface area (Å²) in [5.74, 6) is 0. The molecule has 0 saturated carbocycles. The van der Waals surface area contributed by atoms with Gasteiger partial charge in [0.2, 0.25) is 0 Å². The highest BCUT2D eigenvalue weighted by molar-refractivity contribution is 5.64. The molecule has 0 bridgehead atoms. The molecule has 0 aliphatic heterocycles. The van der Waals surface area contributed by atoms with Gasteiger partial charge in [-0.15, -0.1) is 0 Å². The Morgan fingerprint density at radius 1 is 0.724 bits per heavy atom. The number of unbranched alkanes of at least 4 members (excludes halogenated alkanes) is 10. The number of benzene rings is 1. The largest absolute Gasteiger partial charge is 0.372 e. The molecule has 0 amide bonds. The maximum Gasteiger partial charge on any atom is 0.130 e. The molecule has 0 aromatic heterocycles. The molecule has 3 nitrogen and oxygen atoms in total. The lowest BCUT2D eigenvalue weighted by atomic mass is 10.1. The number of rotatable bonds is 16. The van der Waals surface area contributed by atoms with E-state index >= 15 is 0 Å². The third kappa shape index (κ3) is 11.4. The van der Waals surface area contributed by atoms with E-state index < -0.39 is 0 Å². The Morgan fingerprint density at radius 3 is 1.62 bits per heavy atom. The molecule has 1 aromatic carbocycles. The van der Waals surface area contributed by atoms with Crippen LogP contribution in [-0.4, -0.2) is 13.1 Å².